The monoisotopic (exact) mass is 447 g/mol. The van der Waals surface area contributed by atoms with Gasteiger partial charge in [0.1, 0.15) is 0 Å². The van der Waals surface area contributed by atoms with Crippen LogP contribution in [-0.4, -0.2) is 5.78 Å². The Labute approximate surface area is 177 Å². The third-order valence-corrected chi connectivity index (χ3v) is 7.00. The van der Waals surface area contributed by atoms with E-state index in [1.54, 1.807) is 11.8 Å². The second kappa shape index (κ2) is 7.26. The molecule has 2 nitrogen and oxygen atoms in total. The van der Waals surface area contributed by atoms with Crippen molar-refractivity contribution in [2.45, 2.75) is 28.6 Å². The Bertz CT molecular complexity index is 1100. The second-order valence-corrected chi connectivity index (χ2v) is 9.23. The number of ketones is 1. The maximum atomic E-state index is 12.4. The summed E-state index contributed by atoms with van der Waals surface area (Å²) in [5.41, 5.74) is 5.72. The van der Waals surface area contributed by atoms with Gasteiger partial charge in [-0.3, -0.25) is 4.79 Å². The number of para-hydroxylation sites is 1. The third kappa shape index (κ3) is 3.43. The van der Waals surface area contributed by atoms with Gasteiger partial charge in [0.2, 0.25) is 0 Å². The number of rotatable bonds is 2. The Morgan fingerprint density at radius 1 is 0.893 bits per heavy atom. The molecule has 0 fully saturated rings. The number of fused-ring (bicyclic) bond motifs is 2. The van der Waals surface area contributed by atoms with Gasteiger partial charge in [-0.25, -0.2) is 0 Å². The van der Waals surface area contributed by atoms with E-state index < -0.39 is 0 Å². The third-order valence-electron chi connectivity index (χ3n) is 5.32. The van der Waals surface area contributed by atoms with E-state index in [-0.39, 0.29) is 11.7 Å². The van der Waals surface area contributed by atoms with Crippen LogP contribution in [0.3, 0.4) is 0 Å². The number of allylic oxidation sites excluding steroid dienone is 2. The minimum absolute atomic E-state index is 0.208. The van der Waals surface area contributed by atoms with Crippen molar-refractivity contribution >= 4 is 50.4 Å². The highest BCUT2D eigenvalue weighted by Crippen LogP contribution is 2.45. The molecule has 0 radical (unpaired) electrons. The van der Waals surface area contributed by atoms with Crippen LogP contribution in [0.15, 0.2) is 87.1 Å². The van der Waals surface area contributed by atoms with E-state index in [1.807, 2.05) is 12.1 Å². The molecule has 0 spiro atoms. The highest BCUT2D eigenvalue weighted by Gasteiger charge is 2.24. The van der Waals surface area contributed by atoms with E-state index in [9.17, 15) is 4.79 Å². The molecule has 2 aliphatic rings. The lowest BCUT2D eigenvalue weighted by Crippen LogP contribution is -2.12. The first-order chi connectivity index (χ1) is 13.7. The molecular weight excluding hydrogens is 430 g/mol. The van der Waals surface area contributed by atoms with Crippen molar-refractivity contribution in [1.29, 1.82) is 0 Å². The lowest BCUT2D eigenvalue weighted by Gasteiger charge is -2.25. The molecule has 3 aromatic rings. The fourth-order valence-corrected chi connectivity index (χ4v) is 5.14. The van der Waals surface area contributed by atoms with Crippen molar-refractivity contribution in [3.63, 3.8) is 0 Å². The minimum Gasteiger partial charge on any atom is -0.354 e. The van der Waals surface area contributed by atoms with Crippen LogP contribution in [0, 0.1) is 0 Å². The maximum absolute atomic E-state index is 12.4. The van der Waals surface area contributed by atoms with Crippen LogP contribution in [0.2, 0.25) is 0 Å². The Hall–Kier alpha value is -2.30. The normalized spacial score (nSPS) is 18.0. The van der Waals surface area contributed by atoms with Gasteiger partial charge in [-0.1, -0.05) is 58.0 Å². The number of carbonyl (C=O) groups is 1. The molecule has 1 heterocycles. The van der Waals surface area contributed by atoms with Crippen molar-refractivity contribution < 1.29 is 4.79 Å². The van der Waals surface area contributed by atoms with E-state index in [0.717, 1.165) is 33.4 Å². The number of benzene rings is 3. The fourth-order valence-electron chi connectivity index (χ4n) is 3.90. The van der Waals surface area contributed by atoms with E-state index >= 15 is 0 Å². The smallest absolute Gasteiger partial charge is 0.156 e. The molecule has 28 heavy (non-hydrogen) atoms. The van der Waals surface area contributed by atoms with E-state index in [1.165, 1.54) is 15.4 Å². The topological polar surface area (TPSA) is 29.1 Å². The van der Waals surface area contributed by atoms with Crippen molar-refractivity contribution in [2.75, 3.05) is 5.32 Å². The van der Waals surface area contributed by atoms with Crippen LogP contribution in [0.5, 0.6) is 0 Å². The average molecular weight is 448 g/mol. The molecule has 0 amide bonds. The van der Waals surface area contributed by atoms with Gasteiger partial charge in [-0.15, -0.1) is 0 Å². The average Bonchev–Trinajstić information content (AvgIpc) is 2.72. The summed E-state index contributed by atoms with van der Waals surface area (Å²) in [4.78, 5) is 14.9. The lowest BCUT2D eigenvalue weighted by atomic mass is 9.81. The van der Waals surface area contributed by atoms with Crippen molar-refractivity contribution in [1.82, 2.24) is 0 Å². The van der Waals surface area contributed by atoms with E-state index in [2.05, 4.69) is 81.9 Å². The predicted molar refractivity (Wildman–Crippen MR) is 119 cm³/mol. The molecular formula is C24H18BrNOS. The summed E-state index contributed by atoms with van der Waals surface area (Å²) in [7, 11) is 0. The van der Waals surface area contributed by atoms with E-state index in [4.69, 9.17) is 0 Å². The number of hydrogen-bond donors (Lipinski definition) is 1. The van der Waals surface area contributed by atoms with Crippen molar-refractivity contribution in [3.05, 3.63) is 88.4 Å². The lowest BCUT2D eigenvalue weighted by molar-refractivity contribution is -0.115. The minimum atomic E-state index is 0.208. The number of hydrogen-bond acceptors (Lipinski definition) is 3. The van der Waals surface area contributed by atoms with Crippen LogP contribution >= 0.6 is 27.7 Å². The van der Waals surface area contributed by atoms with Crippen molar-refractivity contribution in [3.8, 4) is 0 Å². The quantitative estimate of drug-likeness (QED) is 0.352. The molecule has 0 saturated heterocycles. The molecule has 1 unspecified atom stereocenters. The highest BCUT2D eigenvalue weighted by molar-refractivity contribution is 9.10. The molecule has 0 saturated carbocycles. The summed E-state index contributed by atoms with van der Waals surface area (Å²) in [6.07, 6.45) is 3.30. The largest absolute Gasteiger partial charge is 0.354 e. The maximum Gasteiger partial charge on any atom is 0.156 e. The van der Waals surface area contributed by atoms with Gasteiger partial charge in [0.15, 0.2) is 5.78 Å². The molecule has 5 rings (SSSR count). The van der Waals surface area contributed by atoms with E-state index in [0.29, 0.717) is 6.42 Å². The number of carbonyl (C=O) groups excluding carboxylic acids is 1. The van der Waals surface area contributed by atoms with Gasteiger partial charge in [0, 0.05) is 20.7 Å². The zero-order chi connectivity index (χ0) is 19.1. The molecule has 0 aromatic heterocycles. The van der Waals surface area contributed by atoms with Gasteiger partial charge in [-0.05, 0) is 71.5 Å². The Kier molecular flexibility index (Phi) is 4.61. The molecule has 1 aliphatic carbocycles. The number of anilines is 2. The van der Waals surface area contributed by atoms with Crippen LogP contribution in [0.25, 0.3) is 5.57 Å². The molecule has 138 valence electrons. The Morgan fingerprint density at radius 3 is 2.54 bits per heavy atom. The zero-order valence-electron chi connectivity index (χ0n) is 15.1. The summed E-state index contributed by atoms with van der Waals surface area (Å²) in [6.45, 7) is 0. The van der Waals surface area contributed by atoms with Crippen LogP contribution in [0.4, 0.5) is 11.4 Å². The van der Waals surface area contributed by atoms with Crippen LogP contribution in [0.1, 0.15) is 29.9 Å². The summed E-state index contributed by atoms with van der Waals surface area (Å²) >= 11 is 5.27. The zero-order valence-corrected chi connectivity index (χ0v) is 17.5. The predicted octanol–water partition coefficient (Wildman–Crippen LogP) is 7.19. The standard InChI is InChI=1S/C24H18BrNOS/c25-19-8-5-15(6-9-19)17-11-18(13-20(27)12-17)16-7-10-24-22(14-16)26-21-3-1-2-4-23(21)28-24/h1-10,13-14,17,26H,11-12H2. The van der Waals surface area contributed by atoms with Crippen LogP contribution in [-0.2, 0) is 4.79 Å². The first-order valence-electron chi connectivity index (χ1n) is 9.33. The summed E-state index contributed by atoms with van der Waals surface area (Å²) < 4.78 is 1.06. The molecule has 3 aromatic carbocycles. The SMILES string of the molecule is O=C1C=C(c2ccc3c(c2)Nc2ccccc2S3)CC(c2ccc(Br)cc2)C1. The summed E-state index contributed by atoms with van der Waals surface area (Å²) in [6, 6.07) is 23.2. The van der Waals surface area contributed by atoms with Gasteiger partial charge >= 0.3 is 0 Å². The molecule has 4 heteroatoms. The molecule has 1 N–H and O–H groups in total. The van der Waals surface area contributed by atoms with Crippen molar-refractivity contribution in [2.24, 2.45) is 0 Å². The Morgan fingerprint density at radius 2 is 1.68 bits per heavy atom. The molecule has 0 bridgehead atoms. The van der Waals surface area contributed by atoms with Gasteiger partial charge in [-0.2, -0.15) is 0 Å². The van der Waals surface area contributed by atoms with Crippen LogP contribution < -0.4 is 5.32 Å². The molecule has 1 atom stereocenters. The van der Waals surface area contributed by atoms with Gasteiger partial charge < -0.3 is 5.32 Å². The van der Waals surface area contributed by atoms with Gasteiger partial charge in [0.05, 0.1) is 11.4 Å². The van der Waals surface area contributed by atoms with Gasteiger partial charge in [0.25, 0.3) is 0 Å². The first-order valence-corrected chi connectivity index (χ1v) is 10.9. The number of nitrogens with one attached hydrogen (secondary N) is 1. The molecule has 1 aliphatic heterocycles. The number of halogens is 1. The fraction of sp³-hybridized carbons (Fsp3) is 0.125. The summed E-state index contributed by atoms with van der Waals surface area (Å²) in [5.74, 6) is 0.444. The second-order valence-electron chi connectivity index (χ2n) is 7.23. The first kappa shape index (κ1) is 17.8. The Balaban J connectivity index is 1.45. The highest BCUT2D eigenvalue weighted by atomic mass is 79.9. The summed E-state index contributed by atoms with van der Waals surface area (Å²) in [5, 5.41) is 3.54.